The summed E-state index contributed by atoms with van der Waals surface area (Å²) < 4.78 is 1.62. The number of carbonyl (C=O) groups excluding carboxylic acids is 2. The van der Waals surface area contributed by atoms with E-state index in [-0.39, 0.29) is 23.3 Å². The van der Waals surface area contributed by atoms with Gasteiger partial charge in [0.25, 0.3) is 11.8 Å². The number of nitrogens with one attached hydrogen (secondary N) is 2. The van der Waals surface area contributed by atoms with Crippen LogP contribution in [0.1, 0.15) is 40.0 Å². The topological polar surface area (TPSA) is 88.4 Å². The molecule has 25 heavy (non-hydrogen) atoms. The average Bonchev–Trinajstić information content (AvgIpc) is 3.05. The minimum atomic E-state index is -0.348. The van der Waals surface area contributed by atoms with E-state index >= 15 is 0 Å². The van der Waals surface area contributed by atoms with E-state index in [2.05, 4.69) is 20.6 Å². The SMILES string of the molecule is CCCNC(=O)c1nc(C(=O)NCc2cccnc2)n2ccccc12. The summed E-state index contributed by atoms with van der Waals surface area (Å²) in [5.74, 6) is -0.447. The molecule has 0 aromatic carbocycles. The number of carbonyl (C=O) groups is 2. The molecule has 0 aliphatic heterocycles. The standard InChI is InChI=1S/C18H19N5O2/c1-2-8-20-17(24)15-14-7-3-4-10-23(14)16(22-15)18(25)21-12-13-6-5-9-19-11-13/h3-7,9-11H,2,8,12H2,1H3,(H,20,24)(H,21,25). The van der Waals surface area contributed by atoms with Crippen molar-refractivity contribution in [2.75, 3.05) is 6.54 Å². The number of aromatic nitrogens is 3. The van der Waals surface area contributed by atoms with E-state index in [4.69, 9.17) is 0 Å². The van der Waals surface area contributed by atoms with Crippen molar-refractivity contribution in [1.82, 2.24) is 25.0 Å². The van der Waals surface area contributed by atoms with Gasteiger partial charge >= 0.3 is 0 Å². The minimum absolute atomic E-state index is 0.182. The van der Waals surface area contributed by atoms with E-state index in [1.165, 1.54) is 0 Å². The summed E-state index contributed by atoms with van der Waals surface area (Å²) in [7, 11) is 0. The van der Waals surface area contributed by atoms with Gasteiger partial charge in [-0.05, 0) is 30.2 Å². The maximum Gasteiger partial charge on any atom is 0.287 e. The van der Waals surface area contributed by atoms with E-state index < -0.39 is 0 Å². The van der Waals surface area contributed by atoms with Gasteiger partial charge in [0, 0.05) is 31.7 Å². The number of nitrogens with zero attached hydrogens (tertiary/aromatic N) is 3. The Morgan fingerprint density at radius 1 is 1.12 bits per heavy atom. The first-order chi connectivity index (χ1) is 12.2. The fourth-order valence-electron chi connectivity index (χ4n) is 2.45. The lowest BCUT2D eigenvalue weighted by molar-refractivity contribution is 0.0939. The van der Waals surface area contributed by atoms with Crippen LogP contribution >= 0.6 is 0 Å². The predicted molar refractivity (Wildman–Crippen MR) is 93.2 cm³/mol. The van der Waals surface area contributed by atoms with Gasteiger partial charge in [-0.2, -0.15) is 0 Å². The lowest BCUT2D eigenvalue weighted by atomic mass is 10.3. The van der Waals surface area contributed by atoms with Crippen LogP contribution in [0, 0.1) is 0 Å². The highest BCUT2D eigenvalue weighted by atomic mass is 16.2. The quantitative estimate of drug-likeness (QED) is 0.718. The molecule has 0 bridgehead atoms. The molecule has 0 atom stereocenters. The largest absolute Gasteiger partial charge is 0.351 e. The molecular weight excluding hydrogens is 318 g/mol. The molecule has 0 aliphatic carbocycles. The molecule has 0 fully saturated rings. The molecule has 128 valence electrons. The Labute approximate surface area is 145 Å². The highest BCUT2D eigenvalue weighted by molar-refractivity contribution is 6.02. The first-order valence-electron chi connectivity index (χ1n) is 8.13. The minimum Gasteiger partial charge on any atom is -0.351 e. The first kappa shape index (κ1) is 16.6. The predicted octanol–water partition coefficient (Wildman–Crippen LogP) is 1.80. The average molecular weight is 337 g/mol. The second kappa shape index (κ2) is 7.57. The summed E-state index contributed by atoms with van der Waals surface area (Å²) in [5, 5.41) is 5.60. The van der Waals surface area contributed by atoms with Crippen LogP contribution in [0.5, 0.6) is 0 Å². The Morgan fingerprint density at radius 2 is 2.00 bits per heavy atom. The zero-order chi connectivity index (χ0) is 17.6. The molecule has 0 spiro atoms. The monoisotopic (exact) mass is 337 g/mol. The molecule has 3 aromatic heterocycles. The number of fused-ring (bicyclic) bond motifs is 1. The van der Waals surface area contributed by atoms with Gasteiger partial charge in [0.1, 0.15) is 0 Å². The van der Waals surface area contributed by atoms with Gasteiger partial charge in [-0.3, -0.25) is 19.0 Å². The number of rotatable bonds is 6. The molecule has 3 rings (SSSR count). The second-order valence-corrected chi connectivity index (χ2v) is 5.54. The van der Waals surface area contributed by atoms with Crippen LogP contribution in [0.4, 0.5) is 0 Å². The maximum atomic E-state index is 12.5. The summed E-state index contributed by atoms with van der Waals surface area (Å²) in [6.45, 7) is 2.88. The smallest absolute Gasteiger partial charge is 0.287 e. The molecule has 3 heterocycles. The van der Waals surface area contributed by atoms with Crippen molar-refractivity contribution in [2.45, 2.75) is 19.9 Å². The summed E-state index contributed by atoms with van der Waals surface area (Å²) in [5.41, 5.74) is 1.74. The zero-order valence-corrected chi connectivity index (χ0v) is 13.9. The highest BCUT2D eigenvalue weighted by Crippen LogP contribution is 2.13. The molecule has 3 aromatic rings. The van der Waals surface area contributed by atoms with Gasteiger partial charge in [-0.15, -0.1) is 0 Å². The van der Waals surface area contributed by atoms with Gasteiger partial charge in [0.05, 0.1) is 5.52 Å². The van der Waals surface area contributed by atoms with Crippen LogP contribution in [-0.2, 0) is 6.54 Å². The van der Waals surface area contributed by atoms with Crippen LogP contribution < -0.4 is 10.6 Å². The summed E-state index contributed by atoms with van der Waals surface area (Å²) in [6.07, 6.45) is 5.91. The van der Waals surface area contributed by atoms with Crippen molar-refractivity contribution < 1.29 is 9.59 Å². The Hall–Kier alpha value is -3.22. The molecular formula is C18H19N5O2. The van der Waals surface area contributed by atoms with Crippen LogP contribution in [0.25, 0.3) is 5.52 Å². The van der Waals surface area contributed by atoms with E-state index in [1.54, 1.807) is 35.1 Å². The Bertz CT molecular complexity index is 889. The molecule has 0 aliphatic rings. The van der Waals surface area contributed by atoms with Gasteiger partial charge in [0.2, 0.25) is 5.82 Å². The van der Waals surface area contributed by atoms with E-state index in [0.717, 1.165) is 12.0 Å². The summed E-state index contributed by atoms with van der Waals surface area (Å²) >= 11 is 0. The van der Waals surface area contributed by atoms with Crippen molar-refractivity contribution in [3.8, 4) is 0 Å². The fraction of sp³-hybridized carbons (Fsp3) is 0.222. The molecule has 0 saturated heterocycles. The van der Waals surface area contributed by atoms with Gasteiger partial charge in [0.15, 0.2) is 5.69 Å². The van der Waals surface area contributed by atoms with Crippen molar-refractivity contribution >= 4 is 17.3 Å². The normalized spacial score (nSPS) is 10.6. The van der Waals surface area contributed by atoms with Crippen LogP contribution in [0.3, 0.4) is 0 Å². The first-order valence-corrected chi connectivity index (χ1v) is 8.13. The molecule has 7 heteroatoms. The molecule has 2 N–H and O–H groups in total. The Morgan fingerprint density at radius 3 is 2.76 bits per heavy atom. The Kier molecular flexibility index (Phi) is 5.03. The van der Waals surface area contributed by atoms with Gasteiger partial charge < -0.3 is 10.6 Å². The second-order valence-electron chi connectivity index (χ2n) is 5.54. The number of hydrogen-bond donors (Lipinski definition) is 2. The third-order valence-corrected chi connectivity index (χ3v) is 3.68. The van der Waals surface area contributed by atoms with Crippen molar-refractivity contribution in [2.24, 2.45) is 0 Å². The summed E-state index contributed by atoms with van der Waals surface area (Å²) in [6, 6.07) is 9.06. The molecule has 0 radical (unpaired) electrons. The zero-order valence-electron chi connectivity index (χ0n) is 13.9. The third kappa shape index (κ3) is 3.65. The highest BCUT2D eigenvalue weighted by Gasteiger charge is 2.20. The van der Waals surface area contributed by atoms with E-state index in [9.17, 15) is 9.59 Å². The van der Waals surface area contributed by atoms with Crippen LogP contribution in [0.2, 0.25) is 0 Å². The lowest BCUT2D eigenvalue weighted by Crippen LogP contribution is -2.26. The van der Waals surface area contributed by atoms with Gasteiger partial charge in [-0.25, -0.2) is 4.98 Å². The van der Waals surface area contributed by atoms with Crippen molar-refractivity contribution in [3.05, 3.63) is 66.0 Å². The molecule has 0 unspecified atom stereocenters. The molecule has 7 nitrogen and oxygen atoms in total. The van der Waals surface area contributed by atoms with Crippen molar-refractivity contribution in [3.63, 3.8) is 0 Å². The number of hydrogen-bond acceptors (Lipinski definition) is 4. The van der Waals surface area contributed by atoms with Gasteiger partial charge in [-0.1, -0.05) is 19.1 Å². The molecule has 2 amide bonds. The van der Waals surface area contributed by atoms with E-state index in [1.807, 2.05) is 25.1 Å². The Balaban J connectivity index is 1.85. The number of imidazole rings is 1. The molecule has 0 saturated carbocycles. The number of pyridine rings is 2. The van der Waals surface area contributed by atoms with E-state index in [0.29, 0.717) is 18.6 Å². The fourth-order valence-corrected chi connectivity index (χ4v) is 2.45. The van der Waals surface area contributed by atoms with Crippen LogP contribution in [0.15, 0.2) is 48.9 Å². The van der Waals surface area contributed by atoms with Crippen molar-refractivity contribution in [1.29, 1.82) is 0 Å². The third-order valence-electron chi connectivity index (χ3n) is 3.68. The lowest BCUT2D eigenvalue weighted by Gasteiger charge is -2.04. The van der Waals surface area contributed by atoms with Crippen LogP contribution in [-0.4, -0.2) is 32.7 Å². The maximum absolute atomic E-state index is 12.5. The number of amides is 2. The summed E-state index contributed by atoms with van der Waals surface area (Å²) in [4.78, 5) is 33.1.